The van der Waals surface area contributed by atoms with Crippen molar-refractivity contribution in [2.75, 3.05) is 6.61 Å². The zero-order chi connectivity index (χ0) is 20.7. The van der Waals surface area contributed by atoms with E-state index in [4.69, 9.17) is 0 Å². The van der Waals surface area contributed by atoms with Crippen LogP contribution in [0.15, 0.2) is 23.8 Å². The molecule has 0 aromatic rings. The lowest BCUT2D eigenvalue weighted by Gasteiger charge is -2.62. The van der Waals surface area contributed by atoms with Gasteiger partial charge in [0.2, 0.25) is 0 Å². The van der Waals surface area contributed by atoms with Crippen molar-refractivity contribution in [1.82, 2.24) is 0 Å². The SMILES string of the molecule is C[C@]12C=CC(=O)C=C1CC[C@@H]1[C@H]3C[C@H](O)[C@@](O)(C(=O)CO)[C@]3(C)C[C@H](O)[C@]12F. The normalized spacial score (nSPS) is 52.5. The summed E-state index contributed by atoms with van der Waals surface area (Å²) in [6.45, 7) is 2.33. The highest BCUT2D eigenvalue weighted by atomic mass is 19.1. The fourth-order valence-electron chi connectivity index (χ4n) is 6.85. The van der Waals surface area contributed by atoms with Crippen LogP contribution in [0.1, 0.15) is 39.5 Å². The lowest BCUT2D eigenvalue weighted by atomic mass is 9.44. The summed E-state index contributed by atoms with van der Waals surface area (Å²) >= 11 is 0. The second kappa shape index (κ2) is 5.81. The number of halogens is 1. The molecule has 0 unspecified atom stereocenters. The first-order valence-corrected chi connectivity index (χ1v) is 9.82. The standard InChI is InChI=1S/C21H27FO6/c1-18-6-5-12(24)7-11(18)3-4-13-14-8-15(25)21(28,17(27)10-23)19(14,2)9-16(26)20(13,18)22/h5-7,13-16,23,25-26,28H,3-4,8-10H2,1-2H3/t13-,14-,15+,16+,18+,19-,20-,21-/m1/s1. The smallest absolute Gasteiger partial charge is 0.192 e. The third kappa shape index (κ3) is 2.01. The van der Waals surface area contributed by atoms with Gasteiger partial charge in [0.05, 0.1) is 12.2 Å². The van der Waals surface area contributed by atoms with Gasteiger partial charge in [-0.1, -0.05) is 18.6 Å². The van der Waals surface area contributed by atoms with E-state index in [9.17, 15) is 30.0 Å². The molecule has 0 aromatic heterocycles. The van der Waals surface area contributed by atoms with Gasteiger partial charge in [0.1, 0.15) is 6.61 Å². The molecule has 0 bridgehead atoms. The summed E-state index contributed by atoms with van der Waals surface area (Å²) in [4.78, 5) is 24.2. The van der Waals surface area contributed by atoms with Crippen LogP contribution in [-0.4, -0.2) is 62.1 Å². The molecule has 0 radical (unpaired) electrons. The van der Waals surface area contributed by atoms with Crippen molar-refractivity contribution in [1.29, 1.82) is 0 Å². The summed E-state index contributed by atoms with van der Waals surface area (Å²) in [5.41, 5.74) is -6.12. The number of ketones is 2. The average molecular weight is 394 g/mol. The maximum absolute atomic E-state index is 16.8. The number of fused-ring (bicyclic) bond motifs is 5. The second-order valence-corrected chi connectivity index (χ2v) is 9.36. The predicted molar refractivity (Wildman–Crippen MR) is 96.8 cm³/mol. The van der Waals surface area contributed by atoms with Gasteiger partial charge in [0.25, 0.3) is 0 Å². The van der Waals surface area contributed by atoms with Crippen LogP contribution in [-0.2, 0) is 9.59 Å². The van der Waals surface area contributed by atoms with Crippen molar-refractivity contribution in [2.45, 2.75) is 63.0 Å². The summed E-state index contributed by atoms with van der Waals surface area (Å²) in [5, 5.41) is 42.1. The number of alkyl halides is 1. The lowest BCUT2D eigenvalue weighted by Crippen LogP contribution is -2.69. The highest BCUT2D eigenvalue weighted by molar-refractivity contribution is 6.01. The molecule has 3 fully saturated rings. The minimum Gasteiger partial charge on any atom is -0.390 e. The van der Waals surface area contributed by atoms with Crippen molar-refractivity contribution in [2.24, 2.45) is 22.7 Å². The molecule has 0 spiro atoms. The third-order valence-corrected chi connectivity index (χ3v) is 8.43. The second-order valence-electron chi connectivity index (χ2n) is 9.36. The van der Waals surface area contributed by atoms with Crippen LogP contribution in [0.2, 0.25) is 0 Å². The van der Waals surface area contributed by atoms with Gasteiger partial charge in [-0.2, -0.15) is 0 Å². The van der Waals surface area contributed by atoms with E-state index in [1.807, 2.05) is 0 Å². The van der Waals surface area contributed by atoms with Gasteiger partial charge in [0.15, 0.2) is 22.8 Å². The van der Waals surface area contributed by atoms with Gasteiger partial charge in [-0.3, -0.25) is 9.59 Å². The van der Waals surface area contributed by atoms with E-state index in [1.54, 1.807) is 13.8 Å². The summed E-state index contributed by atoms with van der Waals surface area (Å²) in [7, 11) is 0. The first-order valence-electron chi connectivity index (χ1n) is 9.82. The fraction of sp³-hybridized carbons (Fsp3) is 0.714. The van der Waals surface area contributed by atoms with Gasteiger partial charge in [-0.25, -0.2) is 4.39 Å². The van der Waals surface area contributed by atoms with Crippen LogP contribution in [0.3, 0.4) is 0 Å². The Morgan fingerprint density at radius 3 is 2.57 bits per heavy atom. The maximum Gasteiger partial charge on any atom is 0.192 e. The highest BCUT2D eigenvalue weighted by Gasteiger charge is 2.76. The van der Waals surface area contributed by atoms with Crippen LogP contribution in [0, 0.1) is 22.7 Å². The Kier molecular flexibility index (Phi) is 4.13. The Labute approximate surface area is 162 Å². The number of allylic oxidation sites excluding steroid dienone is 4. The number of rotatable bonds is 2. The van der Waals surface area contributed by atoms with Crippen LogP contribution in [0.25, 0.3) is 0 Å². The van der Waals surface area contributed by atoms with Crippen molar-refractivity contribution < 1.29 is 34.4 Å². The topological polar surface area (TPSA) is 115 Å². The molecule has 4 aliphatic carbocycles. The van der Waals surface area contributed by atoms with E-state index in [0.29, 0.717) is 18.4 Å². The van der Waals surface area contributed by atoms with Crippen molar-refractivity contribution >= 4 is 11.6 Å². The number of hydrogen-bond donors (Lipinski definition) is 4. The molecule has 154 valence electrons. The molecular weight excluding hydrogens is 367 g/mol. The van der Waals surface area contributed by atoms with E-state index in [1.165, 1.54) is 18.2 Å². The predicted octanol–water partition coefficient (Wildman–Crippen LogP) is 0.620. The van der Waals surface area contributed by atoms with Crippen LogP contribution < -0.4 is 0 Å². The van der Waals surface area contributed by atoms with Crippen molar-refractivity contribution in [3.05, 3.63) is 23.8 Å². The van der Waals surface area contributed by atoms with Gasteiger partial charge in [0, 0.05) is 16.7 Å². The van der Waals surface area contributed by atoms with Gasteiger partial charge in [-0.15, -0.1) is 0 Å². The van der Waals surface area contributed by atoms with E-state index < -0.39 is 58.5 Å². The molecule has 28 heavy (non-hydrogen) atoms. The van der Waals surface area contributed by atoms with Crippen LogP contribution in [0.4, 0.5) is 4.39 Å². The van der Waals surface area contributed by atoms with E-state index in [0.717, 1.165) is 0 Å². The molecule has 0 heterocycles. The number of aliphatic hydroxyl groups excluding tert-OH is 3. The minimum atomic E-state index is -2.23. The van der Waals surface area contributed by atoms with E-state index >= 15 is 4.39 Å². The monoisotopic (exact) mass is 394 g/mol. The molecule has 8 atom stereocenters. The van der Waals surface area contributed by atoms with Crippen LogP contribution in [0.5, 0.6) is 0 Å². The number of carbonyl (C=O) groups is 2. The molecule has 0 amide bonds. The molecule has 0 saturated heterocycles. The number of Topliss-reactive ketones (excluding diaryl/α,β-unsaturated/α-hetero) is 1. The Morgan fingerprint density at radius 1 is 1.25 bits per heavy atom. The van der Waals surface area contributed by atoms with Gasteiger partial charge in [-0.05, 0) is 50.7 Å². The molecule has 4 N–H and O–H groups in total. The van der Waals surface area contributed by atoms with Gasteiger partial charge >= 0.3 is 0 Å². The molecule has 0 aromatic carbocycles. The summed E-state index contributed by atoms with van der Waals surface area (Å²) in [6.07, 6.45) is 1.93. The average Bonchev–Trinajstić information content (AvgIpc) is 2.84. The number of carbonyl (C=O) groups excluding carboxylic acids is 2. The first-order chi connectivity index (χ1) is 13.0. The lowest BCUT2D eigenvalue weighted by molar-refractivity contribution is -0.222. The maximum atomic E-state index is 16.8. The first kappa shape index (κ1) is 19.9. The summed E-state index contributed by atoms with van der Waals surface area (Å²) in [6, 6.07) is 0. The number of aliphatic hydroxyl groups is 4. The van der Waals surface area contributed by atoms with Crippen molar-refractivity contribution in [3.63, 3.8) is 0 Å². The Bertz CT molecular complexity index is 807. The number of hydrogen-bond acceptors (Lipinski definition) is 6. The largest absolute Gasteiger partial charge is 0.390 e. The molecular formula is C21H27FO6. The van der Waals surface area contributed by atoms with E-state index in [2.05, 4.69) is 0 Å². The Morgan fingerprint density at radius 2 is 1.93 bits per heavy atom. The van der Waals surface area contributed by atoms with E-state index in [-0.39, 0.29) is 18.6 Å². The minimum absolute atomic E-state index is 0.0135. The molecule has 4 rings (SSSR count). The summed E-state index contributed by atoms with van der Waals surface area (Å²) in [5.74, 6) is -2.38. The fourth-order valence-corrected chi connectivity index (χ4v) is 6.85. The van der Waals surface area contributed by atoms with Gasteiger partial charge < -0.3 is 20.4 Å². The molecule has 3 saturated carbocycles. The zero-order valence-corrected chi connectivity index (χ0v) is 16.1. The highest BCUT2D eigenvalue weighted by Crippen LogP contribution is 2.69. The van der Waals surface area contributed by atoms with Crippen LogP contribution >= 0.6 is 0 Å². The zero-order valence-electron chi connectivity index (χ0n) is 16.1. The molecule has 7 heteroatoms. The molecule has 0 aliphatic heterocycles. The Balaban J connectivity index is 1.84. The Hall–Kier alpha value is -1.41. The summed E-state index contributed by atoms with van der Waals surface area (Å²) < 4.78 is 16.8. The molecule has 6 nitrogen and oxygen atoms in total. The molecule has 4 aliphatic rings. The quantitative estimate of drug-likeness (QED) is 0.546. The van der Waals surface area contributed by atoms with Crippen molar-refractivity contribution in [3.8, 4) is 0 Å². The third-order valence-electron chi connectivity index (χ3n) is 8.43.